The molecule has 1 aromatic heterocycles. The summed E-state index contributed by atoms with van der Waals surface area (Å²) in [6.07, 6.45) is 2.11. The summed E-state index contributed by atoms with van der Waals surface area (Å²) >= 11 is 0. The fourth-order valence-corrected chi connectivity index (χ4v) is 2.60. The minimum Gasteiger partial charge on any atom is -0.497 e. The molecule has 3 rings (SSSR count). The predicted molar refractivity (Wildman–Crippen MR) is 101 cm³/mol. The number of hydrogen-bond acceptors (Lipinski definition) is 5. The summed E-state index contributed by atoms with van der Waals surface area (Å²) in [5, 5.41) is 21.8. The summed E-state index contributed by atoms with van der Waals surface area (Å²) in [5.41, 5.74) is 2.96. The van der Waals surface area contributed by atoms with E-state index >= 15 is 0 Å². The Morgan fingerprint density at radius 1 is 1.22 bits per heavy atom. The lowest BCUT2D eigenvalue weighted by molar-refractivity contribution is -0.132. The maximum atomic E-state index is 11.2. The number of carboxylic acid groups (broad SMARTS) is 1. The Labute approximate surface area is 156 Å². The second-order valence-corrected chi connectivity index (χ2v) is 5.95. The quantitative estimate of drug-likeness (QED) is 0.647. The van der Waals surface area contributed by atoms with Crippen molar-refractivity contribution in [3.05, 3.63) is 65.2 Å². The van der Waals surface area contributed by atoms with Crippen LogP contribution in [0.1, 0.15) is 24.5 Å². The maximum Gasteiger partial charge on any atom is 0.331 e. The Hall–Kier alpha value is -3.48. The summed E-state index contributed by atoms with van der Waals surface area (Å²) in [4.78, 5) is 12.7. The molecule has 0 fully saturated rings. The van der Waals surface area contributed by atoms with Crippen LogP contribution in [0.5, 0.6) is 5.75 Å². The number of tetrazole rings is 1. The van der Waals surface area contributed by atoms with Gasteiger partial charge in [0.15, 0.2) is 0 Å². The van der Waals surface area contributed by atoms with Crippen LogP contribution < -0.4 is 4.74 Å². The monoisotopic (exact) mass is 364 g/mol. The first kappa shape index (κ1) is 18.3. The van der Waals surface area contributed by atoms with Gasteiger partial charge in [-0.2, -0.15) is 4.80 Å². The Morgan fingerprint density at radius 2 is 2.00 bits per heavy atom. The van der Waals surface area contributed by atoms with E-state index in [-0.39, 0.29) is 0 Å². The van der Waals surface area contributed by atoms with E-state index < -0.39 is 5.97 Å². The molecule has 2 aromatic carbocycles. The molecule has 0 amide bonds. The van der Waals surface area contributed by atoms with Crippen LogP contribution in [0.15, 0.2) is 54.1 Å². The first-order chi connectivity index (χ1) is 13.1. The largest absolute Gasteiger partial charge is 0.497 e. The number of methoxy groups -OCH3 is 1. The molecule has 0 radical (unpaired) electrons. The van der Waals surface area contributed by atoms with E-state index in [4.69, 9.17) is 4.74 Å². The van der Waals surface area contributed by atoms with Gasteiger partial charge in [0.2, 0.25) is 5.82 Å². The SMILES string of the molecule is CC/C(=C/c1cccc(-c2nnn(Cc3ccc(OC)cc3)n2)c1)C(=O)O. The van der Waals surface area contributed by atoms with Crippen LogP contribution in [0.25, 0.3) is 17.5 Å². The zero-order valence-corrected chi connectivity index (χ0v) is 15.2. The van der Waals surface area contributed by atoms with Gasteiger partial charge >= 0.3 is 5.97 Å². The van der Waals surface area contributed by atoms with Crippen LogP contribution in [0.2, 0.25) is 0 Å². The number of hydrogen-bond donors (Lipinski definition) is 1. The topological polar surface area (TPSA) is 90.1 Å². The zero-order valence-electron chi connectivity index (χ0n) is 15.2. The molecule has 1 N–H and O–H groups in total. The molecule has 0 atom stereocenters. The lowest BCUT2D eigenvalue weighted by Gasteiger charge is -2.02. The highest BCUT2D eigenvalue weighted by Gasteiger charge is 2.09. The summed E-state index contributed by atoms with van der Waals surface area (Å²) in [6.45, 7) is 2.31. The molecule has 0 saturated carbocycles. The smallest absolute Gasteiger partial charge is 0.331 e. The second kappa shape index (κ2) is 8.27. The van der Waals surface area contributed by atoms with E-state index in [1.165, 1.54) is 4.80 Å². The lowest BCUT2D eigenvalue weighted by Crippen LogP contribution is -2.04. The third kappa shape index (κ3) is 4.58. The minimum absolute atomic E-state index is 0.350. The van der Waals surface area contributed by atoms with Crippen LogP contribution in [-0.4, -0.2) is 38.4 Å². The average Bonchev–Trinajstić information content (AvgIpc) is 3.15. The highest BCUT2D eigenvalue weighted by atomic mass is 16.5. The number of benzene rings is 2. The molecule has 0 aliphatic heterocycles. The first-order valence-corrected chi connectivity index (χ1v) is 8.54. The first-order valence-electron chi connectivity index (χ1n) is 8.54. The number of aromatic nitrogens is 4. The van der Waals surface area contributed by atoms with Crippen LogP contribution in [-0.2, 0) is 11.3 Å². The summed E-state index contributed by atoms with van der Waals surface area (Å²) in [5.74, 6) is 0.377. The van der Waals surface area contributed by atoms with Gasteiger partial charge in [0.05, 0.1) is 13.7 Å². The van der Waals surface area contributed by atoms with Crippen LogP contribution >= 0.6 is 0 Å². The van der Waals surface area contributed by atoms with Gasteiger partial charge in [-0.05, 0) is 47.0 Å². The molecule has 1 heterocycles. The molecular formula is C20H20N4O3. The molecule has 0 bridgehead atoms. The van der Waals surface area contributed by atoms with Crippen LogP contribution in [0.4, 0.5) is 0 Å². The number of nitrogens with zero attached hydrogens (tertiary/aromatic N) is 4. The van der Waals surface area contributed by atoms with Gasteiger partial charge in [-0.15, -0.1) is 10.2 Å². The molecule has 0 unspecified atom stereocenters. The number of rotatable bonds is 7. The van der Waals surface area contributed by atoms with E-state index in [2.05, 4.69) is 15.4 Å². The molecule has 0 spiro atoms. The van der Waals surface area contributed by atoms with Crippen LogP contribution in [0.3, 0.4) is 0 Å². The molecule has 0 saturated heterocycles. The molecule has 0 aliphatic carbocycles. The van der Waals surface area contributed by atoms with Gasteiger partial charge in [-0.3, -0.25) is 0 Å². The van der Waals surface area contributed by atoms with Crippen molar-refractivity contribution in [2.75, 3.05) is 7.11 Å². The normalized spacial score (nSPS) is 11.4. The fraction of sp³-hybridized carbons (Fsp3) is 0.200. The van der Waals surface area contributed by atoms with E-state index in [0.717, 1.165) is 22.4 Å². The summed E-state index contributed by atoms with van der Waals surface area (Å²) < 4.78 is 5.15. The van der Waals surface area contributed by atoms with Crippen molar-refractivity contribution in [1.82, 2.24) is 20.2 Å². The number of carbonyl (C=O) groups is 1. The molecule has 7 nitrogen and oxygen atoms in total. The third-order valence-corrected chi connectivity index (χ3v) is 4.08. The van der Waals surface area contributed by atoms with E-state index in [1.807, 2.05) is 55.5 Å². The van der Waals surface area contributed by atoms with Gasteiger partial charge in [-0.1, -0.05) is 37.3 Å². The van der Waals surface area contributed by atoms with Gasteiger partial charge in [-0.25, -0.2) is 4.79 Å². The molecule has 3 aromatic rings. The van der Waals surface area contributed by atoms with E-state index in [0.29, 0.717) is 24.4 Å². The Morgan fingerprint density at radius 3 is 2.67 bits per heavy atom. The maximum absolute atomic E-state index is 11.2. The summed E-state index contributed by atoms with van der Waals surface area (Å²) in [7, 11) is 1.63. The molecule has 7 heteroatoms. The van der Waals surface area contributed by atoms with Gasteiger partial charge in [0.1, 0.15) is 5.75 Å². The predicted octanol–water partition coefficient (Wildman–Crippen LogP) is 3.28. The molecular weight excluding hydrogens is 344 g/mol. The van der Waals surface area contributed by atoms with Crippen molar-refractivity contribution < 1.29 is 14.6 Å². The Balaban J connectivity index is 1.79. The third-order valence-electron chi connectivity index (χ3n) is 4.08. The molecule has 27 heavy (non-hydrogen) atoms. The van der Waals surface area contributed by atoms with Gasteiger partial charge < -0.3 is 9.84 Å². The average molecular weight is 364 g/mol. The van der Waals surface area contributed by atoms with Crippen molar-refractivity contribution >= 4 is 12.0 Å². The van der Waals surface area contributed by atoms with Crippen molar-refractivity contribution in [2.24, 2.45) is 0 Å². The lowest BCUT2D eigenvalue weighted by atomic mass is 10.1. The minimum atomic E-state index is -0.911. The highest BCUT2D eigenvalue weighted by molar-refractivity contribution is 5.92. The van der Waals surface area contributed by atoms with Crippen LogP contribution in [0, 0.1) is 0 Å². The van der Waals surface area contributed by atoms with Crippen molar-refractivity contribution in [2.45, 2.75) is 19.9 Å². The Kier molecular flexibility index (Phi) is 5.61. The number of ether oxygens (including phenoxy) is 1. The van der Waals surface area contributed by atoms with Gasteiger partial charge in [0.25, 0.3) is 0 Å². The summed E-state index contributed by atoms with van der Waals surface area (Å²) in [6, 6.07) is 15.1. The number of carboxylic acids is 1. The van der Waals surface area contributed by atoms with Crippen molar-refractivity contribution in [3.8, 4) is 17.1 Å². The fourth-order valence-electron chi connectivity index (χ4n) is 2.60. The van der Waals surface area contributed by atoms with E-state index in [9.17, 15) is 9.90 Å². The molecule has 138 valence electrons. The van der Waals surface area contributed by atoms with Crippen molar-refractivity contribution in [1.29, 1.82) is 0 Å². The zero-order chi connectivity index (χ0) is 19.2. The number of aliphatic carboxylic acids is 1. The van der Waals surface area contributed by atoms with Gasteiger partial charge in [0, 0.05) is 11.1 Å². The standard InChI is InChI=1S/C20H20N4O3/c1-3-16(20(25)26)11-15-5-4-6-17(12-15)19-21-23-24(22-19)13-14-7-9-18(27-2)10-8-14/h4-12H,3,13H2,1-2H3,(H,25,26)/b16-11-. The highest BCUT2D eigenvalue weighted by Crippen LogP contribution is 2.19. The van der Waals surface area contributed by atoms with E-state index in [1.54, 1.807) is 13.2 Å². The second-order valence-electron chi connectivity index (χ2n) is 5.95. The molecule has 0 aliphatic rings. The van der Waals surface area contributed by atoms with Crippen molar-refractivity contribution in [3.63, 3.8) is 0 Å². The Bertz CT molecular complexity index is 961.